The van der Waals surface area contributed by atoms with Crippen LogP contribution in [0.2, 0.25) is 0 Å². The van der Waals surface area contributed by atoms with Crippen molar-refractivity contribution in [1.82, 2.24) is 4.98 Å². The molecule has 4 heteroatoms. The SMILES string of the molecule is c1ccc(N2CCC3(CC2)OCCc2ccsc23)nc1. The van der Waals surface area contributed by atoms with E-state index in [9.17, 15) is 0 Å². The highest BCUT2D eigenvalue weighted by Crippen LogP contribution is 2.44. The van der Waals surface area contributed by atoms with Gasteiger partial charge in [0.25, 0.3) is 0 Å². The number of fused-ring (bicyclic) bond motifs is 2. The van der Waals surface area contributed by atoms with Gasteiger partial charge in [0.2, 0.25) is 0 Å². The lowest BCUT2D eigenvalue weighted by atomic mass is 9.85. The predicted molar refractivity (Wildman–Crippen MR) is 81.3 cm³/mol. The summed E-state index contributed by atoms with van der Waals surface area (Å²) >= 11 is 1.87. The fourth-order valence-electron chi connectivity index (χ4n) is 3.36. The average Bonchev–Trinajstić information content (AvgIpc) is 2.99. The zero-order valence-electron chi connectivity index (χ0n) is 11.4. The van der Waals surface area contributed by atoms with E-state index in [0.717, 1.165) is 44.8 Å². The molecular formula is C16H18N2OS. The number of ether oxygens (including phenoxy) is 1. The highest BCUT2D eigenvalue weighted by atomic mass is 32.1. The summed E-state index contributed by atoms with van der Waals surface area (Å²) in [5.41, 5.74) is 1.49. The van der Waals surface area contributed by atoms with Crippen molar-refractivity contribution in [2.45, 2.75) is 24.9 Å². The number of aromatic nitrogens is 1. The Kier molecular flexibility index (Phi) is 3.00. The van der Waals surface area contributed by atoms with E-state index in [1.807, 2.05) is 23.6 Å². The molecule has 3 nitrogen and oxygen atoms in total. The van der Waals surface area contributed by atoms with Crippen LogP contribution in [0.1, 0.15) is 23.3 Å². The van der Waals surface area contributed by atoms with Crippen LogP contribution in [0.15, 0.2) is 35.8 Å². The van der Waals surface area contributed by atoms with Crippen molar-refractivity contribution in [3.05, 3.63) is 46.3 Å². The third kappa shape index (κ3) is 1.95. The molecule has 0 aliphatic carbocycles. The third-order valence-electron chi connectivity index (χ3n) is 4.45. The van der Waals surface area contributed by atoms with E-state index in [0.29, 0.717) is 0 Å². The van der Waals surface area contributed by atoms with Crippen LogP contribution < -0.4 is 4.90 Å². The number of thiophene rings is 1. The van der Waals surface area contributed by atoms with E-state index in [1.165, 1.54) is 10.4 Å². The predicted octanol–water partition coefficient (Wildman–Crippen LogP) is 3.21. The van der Waals surface area contributed by atoms with Crippen LogP contribution in [0.5, 0.6) is 0 Å². The first-order chi connectivity index (χ1) is 9.87. The molecule has 2 aliphatic heterocycles. The molecule has 104 valence electrons. The number of hydrogen-bond acceptors (Lipinski definition) is 4. The summed E-state index contributed by atoms with van der Waals surface area (Å²) in [7, 11) is 0. The normalized spacial score (nSPS) is 20.9. The smallest absolute Gasteiger partial charge is 0.128 e. The zero-order valence-corrected chi connectivity index (χ0v) is 12.2. The van der Waals surface area contributed by atoms with Crippen LogP contribution in [-0.2, 0) is 16.8 Å². The molecule has 1 fully saturated rings. The van der Waals surface area contributed by atoms with Crippen molar-refractivity contribution in [3.63, 3.8) is 0 Å². The Balaban J connectivity index is 1.56. The van der Waals surface area contributed by atoms with Gasteiger partial charge in [-0.1, -0.05) is 6.07 Å². The van der Waals surface area contributed by atoms with Crippen LogP contribution in [-0.4, -0.2) is 24.7 Å². The first-order valence-corrected chi connectivity index (χ1v) is 8.12. The zero-order chi connectivity index (χ0) is 13.4. The van der Waals surface area contributed by atoms with Gasteiger partial charge in [0, 0.05) is 24.2 Å². The molecule has 20 heavy (non-hydrogen) atoms. The third-order valence-corrected chi connectivity index (χ3v) is 5.60. The summed E-state index contributed by atoms with van der Waals surface area (Å²) in [4.78, 5) is 8.31. The number of rotatable bonds is 1. The Morgan fingerprint density at radius 1 is 1.20 bits per heavy atom. The van der Waals surface area contributed by atoms with Crippen LogP contribution in [0.4, 0.5) is 5.82 Å². The second-order valence-corrected chi connectivity index (χ2v) is 6.46. The minimum Gasteiger partial charge on any atom is -0.369 e. The van der Waals surface area contributed by atoms with Crippen molar-refractivity contribution >= 4 is 17.2 Å². The summed E-state index contributed by atoms with van der Waals surface area (Å²) in [5.74, 6) is 1.09. The van der Waals surface area contributed by atoms with Crippen LogP contribution in [0.25, 0.3) is 0 Å². The molecular weight excluding hydrogens is 268 g/mol. The Morgan fingerprint density at radius 2 is 2.10 bits per heavy atom. The first kappa shape index (κ1) is 12.4. The quantitative estimate of drug-likeness (QED) is 0.805. The van der Waals surface area contributed by atoms with Gasteiger partial charge in [0.1, 0.15) is 11.4 Å². The molecule has 4 heterocycles. The standard InChI is InChI=1S/C16H18N2OS/c1-2-8-17-14(3-1)18-9-6-16(7-10-18)15-13(4-11-19-16)5-12-20-15/h1-3,5,8,12H,4,6-7,9-11H2. The minimum atomic E-state index is -0.0208. The Morgan fingerprint density at radius 3 is 2.90 bits per heavy atom. The van der Waals surface area contributed by atoms with Crippen LogP contribution in [0.3, 0.4) is 0 Å². The minimum absolute atomic E-state index is 0.0208. The average molecular weight is 286 g/mol. The van der Waals surface area contributed by atoms with Gasteiger partial charge in [-0.05, 0) is 48.4 Å². The second-order valence-electron chi connectivity index (χ2n) is 5.54. The fourth-order valence-corrected chi connectivity index (χ4v) is 4.53. The summed E-state index contributed by atoms with van der Waals surface area (Å²) in [6, 6.07) is 8.39. The topological polar surface area (TPSA) is 25.4 Å². The maximum atomic E-state index is 6.24. The second kappa shape index (κ2) is 4.86. The van der Waals surface area contributed by atoms with Gasteiger partial charge in [-0.3, -0.25) is 0 Å². The molecule has 0 atom stereocenters. The molecule has 1 spiro atoms. The van der Waals surface area contributed by atoms with Crippen LogP contribution in [0, 0.1) is 0 Å². The van der Waals surface area contributed by atoms with Crippen molar-refractivity contribution in [3.8, 4) is 0 Å². The molecule has 0 saturated carbocycles. The highest BCUT2D eigenvalue weighted by Gasteiger charge is 2.41. The van der Waals surface area contributed by atoms with Crippen LogP contribution >= 0.6 is 11.3 Å². The van der Waals surface area contributed by atoms with E-state index in [1.54, 1.807) is 0 Å². The number of nitrogens with zero attached hydrogens (tertiary/aromatic N) is 2. The first-order valence-electron chi connectivity index (χ1n) is 7.24. The molecule has 2 aliphatic rings. The van der Waals surface area contributed by atoms with Crippen molar-refractivity contribution in [2.24, 2.45) is 0 Å². The maximum absolute atomic E-state index is 6.24. The van der Waals surface area contributed by atoms with E-state index in [2.05, 4.69) is 33.5 Å². The molecule has 1 saturated heterocycles. The summed E-state index contributed by atoms with van der Waals surface area (Å²) in [6.07, 6.45) is 5.08. The van der Waals surface area contributed by atoms with E-state index >= 15 is 0 Å². The van der Waals surface area contributed by atoms with Gasteiger partial charge in [0.05, 0.1) is 6.61 Å². The largest absolute Gasteiger partial charge is 0.369 e. The van der Waals surface area contributed by atoms with Gasteiger partial charge in [-0.15, -0.1) is 11.3 Å². The Hall–Kier alpha value is -1.39. The lowest BCUT2D eigenvalue weighted by Crippen LogP contribution is -2.46. The molecule has 0 unspecified atom stereocenters. The lowest BCUT2D eigenvalue weighted by Gasteiger charge is -2.44. The van der Waals surface area contributed by atoms with E-state index in [4.69, 9.17) is 4.74 Å². The lowest BCUT2D eigenvalue weighted by molar-refractivity contribution is -0.0735. The van der Waals surface area contributed by atoms with Crippen molar-refractivity contribution in [2.75, 3.05) is 24.6 Å². The molecule has 0 amide bonds. The molecule has 0 radical (unpaired) electrons. The number of anilines is 1. The number of hydrogen-bond donors (Lipinski definition) is 0. The molecule has 0 aromatic carbocycles. The van der Waals surface area contributed by atoms with E-state index in [-0.39, 0.29) is 5.60 Å². The highest BCUT2D eigenvalue weighted by molar-refractivity contribution is 7.10. The Labute approximate surface area is 123 Å². The molecule has 0 N–H and O–H groups in total. The summed E-state index contributed by atoms with van der Waals surface area (Å²) in [6.45, 7) is 2.91. The number of piperidine rings is 1. The van der Waals surface area contributed by atoms with Gasteiger partial charge in [-0.2, -0.15) is 0 Å². The molecule has 2 aromatic heterocycles. The monoisotopic (exact) mass is 286 g/mol. The fraction of sp³-hybridized carbons (Fsp3) is 0.438. The Bertz CT molecular complexity index is 588. The molecule has 4 rings (SSSR count). The molecule has 2 aromatic rings. The van der Waals surface area contributed by atoms with Gasteiger partial charge in [0.15, 0.2) is 0 Å². The summed E-state index contributed by atoms with van der Waals surface area (Å²) in [5, 5.41) is 2.21. The van der Waals surface area contributed by atoms with Crippen molar-refractivity contribution in [1.29, 1.82) is 0 Å². The van der Waals surface area contributed by atoms with Gasteiger partial charge < -0.3 is 9.64 Å². The number of pyridine rings is 1. The molecule has 0 bridgehead atoms. The van der Waals surface area contributed by atoms with Gasteiger partial charge >= 0.3 is 0 Å². The maximum Gasteiger partial charge on any atom is 0.128 e. The van der Waals surface area contributed by atoms with E-state index < -0.39 is 0 Å². The van der Waals surface area contributed by atoms with Crippen molar-refractivity contribution < 1.29 is 4.74 Å². The van der Waals surface area contributed by atoms with Gasteiger partial charge in [-0.25, -0.2) is 4.98 Å². The summed E-state index contributed by atoms with van der Waals surface area (Å²) < 4.78 is 6.24.